The van der Waals surface area contributed by atoms with E-state index in [4.69, 9.17) is 5.26 Å². The molecule has 0 aliphatic carbocycles. The molecule has 0 spiro atoms. The van der Waals surface area contributed by atoms with E-state index < -0.39 is 0 Å². The minimum atomic E-state index is 0.158. The van der Waals surface area contributed by atoms with Crippen molar-refractivity contribution in [1.82, 2.24) is 5.32 Å². The monoisotopic (exact) mass is 355 g/mol. The molecule has 27 heavy (non-hydrogen) atoms. The Morgan fingerprint density at radius 3 is 1.93 bits per heavy atom. The van der Waals surface area contributed by atoms with Gasteiger partial charge in [0.15, 0.2) is 0 Å². The van der Waals surface area contributed by atoms with Crippen molar-refractivity contribution in [2.24, 2.45) is 0 Å². The number of nitrogens with zero attached hydrogens (tertiary/aromatic N) is 2. The number of hydrogen-bond donors (Lipinski definition) is 1. The number of nitrogens with one attached hydrogen (secondary N) is 1. The van der Waals surface area contributed by atoms with Gasteiger partial charge in [0.1, 0.15) is 0 Å². The molecule has 3 heteroatoms. The van der Waals surface area contributed by atoms with Gasteiger partial charge in [-0.1, -0.05) is 72.8 Å². The molecule has 0 unspecified atom stereocenters. The lowest BCUT2D eigenvalue weighted by atomic mass is 9.98. The highest BCUT2D eigenvalue weighted by Crippen LogP contribution is 2.22. The zero-order valence-corrected chi connectivity index (χ0v) is 15.7. The fourth-order valence-electron chi connectivity index (χ4n) is 3.15. The van der Waals surface area contributed by atoms with E-state index in [1.807, 2.05) is 19.2 Å². The summed E-state index contributed by atoms with van der Waals surface area (Å²) in [7, 11) is 2.02. The van der Waals surface area contributed by atoms with Crippen LogP contribution in [0.25, 0.3) is 0 Å². The van der Waals surface area contributed by atoms with Gasteiger partial charge in [-0.15, -0.1) is 0 Å². The average Bonchev–Trinajstić information content (AvgIpc) is 2.74. The number of hydrogen-bond acceptors (Lipinski definition) is 3. The zero-order valence-electron chi connectivity index (χ0n) is 15.7. The molecule has 1 N–H and O–H groups in total. The van der Waals surface area contributed by atoms with Gasteiger partial charge in [-0.2, -0.15) is 5.26 Å². The predicted octanol–water partition coefficient (Wildman–Crippen LogP) is 4.92. The van der Waals surface area contributed by atoms with Gasteiger partial charge in [-0.3, -0.25) is 0 Å². The van der Waals surface area contributed by atoms with E-state index in [1.54, 1.807) is 0 Å². The van der Waals surface area contributed by atoms with Crippen molar-refractivity contribution in [2.75, 3.05) is 18.5 Å². The third-order valence-electron chi connectivity index (χ3n) is 4.71. The maximum atomic E-state index is 8.73. The van der Waals surface area contributed by atoms with Gasteiger partial charge < -0.3 is 10.2 Å². The normalized spacial score (nSPS) is 10.6. The fraction of sp³-hybridized carbons (Fsp3) is 0.208. The molecular weight excluding hydrogens is 330 g/mol. The molecule has 0 saturated heterocycles. The van der Waals surface area contributed by atoms with Gasteiger partial charge >= 0.3 is 0 Å². The van der Waals surface area contributed by atoms with Gasteiger partial charge in [0, 0.05) is 25.8 Å². The van der Waals surface area contributed by atoms with Crippen molar-refractivity contribution in [2.45, 2.75) is 19.0 Å². The Morgan fingerprint density at radius 1 is 0.852 bits per heavy atom. The summed E-state index contributed by atoms with van der Waals surface area (Å²) >= 11 is 0. The van der Waals surface area contributed by atoms with E-state index in [9.17, 15) is 0 Å². The van der Waals surface area contributed by atoms with Crippen LogP contribution in [0.5, 0.6) is 0 Å². The van der Waals surface area contributed by atoms with Crippen LogP contribution in [0.4, 0.5) is 5.69 Å². The average molecular weight is 355 g/mol. The van der Waals surface area contributed by atoms with Gasteiger partial charge in [0.05, 0.1) is 18.5 Å². The van der Waals surface area contributed by atoms with Crippen molar-refractivity contribution in [3.63, 3.8) is 0 Å². The molecule has 0 radical (unpaired) electrons. The van der Waals surface area contributed by atoms with Crippen molar-refractivity contribution < 1.29 is 0 Å². The molecule has 3 rings (SSSR count). The molecule has 0 fully saturated rings. The van der Waals surface area contributed by atoms with E-state index in [0.29, 0.717) is 6.42 Å². The Morgan fingerprint density at radius 2 is 1.41 bits per heavy atom. The van der Waals surface area contributed by atoms with Crippen molar-refractivity contribution >= 4 is 5.69 Å². The third-order valence-corrected chi connectivity index (χ3v) is 4.71. The maximum absolute atomic E-state index is 8.73. The smallest absolute Gasteiger partial charge is 0.0640 e. The lowest BCUT2D eigenvalue weighted by Gasteiger charge is -2.21. The number of rotatable bonds is 8. The Kier molecular flexibility index (Phi) is 6.62. The van der Waals surface area contributed by atoms with Crippen LogP contribution in [0, 0.1) is 11.3 Å². The Balaban J connectivity index is 1.70. The van der Waals surface area contributed by atoms with Crippen molar-refractivity contribution in [3.8, 4) is 6.07 Å². The summed E-state index contributed by atoms with van der Waals surface area (Å²) in [5.41, 5.74) is 4.90. The third kappa shape index (κ3) is 5.20. The van der Waals surface area contributed by atoms with E-state index in [-0.39, 0.29) is 6.04 Å². The first-order chi connectivity index (χ1) is 13.3. The highest BCUT2D eigenvalue weighted by Gasteiger charge is 2.13. The zero-order chi connectivity index (χ0) is 18.9. The second-order valence-electron chi connectivity index (χ2n) is 6.63. The summed E-state index contributed by atoms with van der Waals surface area (Å²) in [6.07, 6.45) is 0.537. The van der Waals surface area contributed by atoms with E-state index in [1.165, 1.54) is 16.7 Å². The minimum Gasteiger partial charge on any atom is -0.374 e. The lowest BCUT2D eigenvalue weighted by Crippen LogP contribution is -2.22. The topological polar surface area (TPSA) is 39.1 Å². The van der Waals surface area contributed by atoms with E-state index >= 15 is 0 Å². The van der Waals surface area contributed by atoms with Crippen LogP contribution in [-0.2, 0) is 6.54 Å². The van der Waals surface area contributed by atoms with E-state index in [0.717, 1.165) is 18.8 Å². The molecule has 0 aliphatic heterocycles. The second-order valence-corrected chi connectivity index (χ2v) is 6.63. The Labute approximate surface area is 161 Å². The van der Waals surface area contributed by atoms with Crippen LogP contribution in [0.2, 0.25) is 0 Å². The molecule has 0 aromatic heterocycles. The van der Waals surface area contributed by atoms with Gasteiger partial charge in [0.2, 0.25) is 0 Å². The molecule has 0 heterocycles. The highest BCUT2D eigenvalue weighted by atomic mass is 15.1. The highest BCUT2D eigenvalue weighted by molar-refractivity contribution is 5.47. The summed E-state index contributed by atoms with van der Waals surface area (Å²) in [4.78, 5) is 2.11. The van der Waals surface area contributed by atoms with Crippen LogP contribution in [0.1, 0.15) is 29.2 Å². The first-order valence-corrected chi connectivity index (χ1v) is 9.28. The molecule has 136 valence electrons. The number of nitriles is 1. The largest absolute Gasteiger partial charge is 0.374 e. The molecule has 0 atom stereocenters. The Hall–Kier alpha value is -3.09. The standard InChI is InChI=1S/C24H25N3/c1-27(18-8-17-25)23-15-13-20(14-16-23)19-26-24(21-9-4-2-5-10-21)22-11-6-3-7-12-22/h2-7,9-16,24,26H,8,18-19H2,1H3. The molecule has 3 nitrogen and oxygen atoms in total. The van der Waals surface area contributed by atoms with Crippen LogP contribution in [-0.4, -0.2) is 13.6 Å². The molecule has 0 saturated carbocycles. The Bertz CT molecular complexity index is 812. The number of benzene rings is 3. The predicted molar refractivity (Wildman–Crippen MR) is 112 cm³/mol. The van der Waals surface area contributed by atoms with E-state index in [2.05, 4.69) is 89.1 Å². The number of anilines is 1. The molecule has 3 aromatic carbocycles. The molecule has 0 amide bonds. The van der Waals surface area contributed by atoms with Crippen LogP contribution < -0.4 is 10.2 Å². The SMILES string of the molecule is CN(CCC#N)c1ccc(CNC(c2ccccc2)c2ccccc2)cc1. The van der Waals surface area contributed by atoms with Crippen LogP contribution in [0.3, 0.4) is 0 Å². The van der Waals surface area contributed by atoms with Crippen molar-refractivity contribution in [3.05, 3.63) is 102 Å². The first-order valence-electron chi connectivity index (χ1n) is 9.28. The summed E-state index contributed by atoms with van der Waals surface area (Å²) < 4.78 is 0. The molecular formula is C24H25N3. The minimum absolute atomic E-state index is 0.158. The molecule has 3 aromatic rings. The molecule has 0 bridgehead atoms. The van der Waals surface area contributed by atoms with Crippen LogP contribution >= 0.6 is 0 Å². The summed E-state index contributed by atoms with van der Waals surface area (Å²) in [5, 5.41) is 12.4. The van der Waals surface area contributed by atoms with Gasteiger partial charge in [-0.25, -0.2) is 0 Å². The molecule has 0 aliphatic rings. The van der Waals surface area contributed by atoms with Gasteiger partial charge in [-0.05, 0) is 28.8 Å². The van der Waals surface area contributed by atoms with Gasteiger partial charge in [0.25, 0.3) is 0 Å². The first kappa shape index (κ1) is 18.7. The summed E-state index contributed by atoms with van der Waals surface area (Å²) in [6, 6.07) is 32.0. The lowest BCUT2D eigenvalue weighted by molar-refractivity contribution is 0.605. The fourth-order valence-corrected chi connectivity index (χ4v) is 3.15. The second kappa shape index (κ2) is 9.56. The summed E-state index contributed by atoms with van der Waals surface area (Å²) in [6.45, 7) is 1.54. The van der Waals surface area contributed by atoms with Crippen LogP contribution in [0.15, 0.2) is 84.9 Å². The summed E-state index contributed by atoms with van der Waals surface area (Å²) in [5.74, 6) is 0. The maximum Gasteiger partial charge on any atom is 0.0640 e. The quantitative estimate of drug-likeness (QED) is 0.624. The van der Waals surface area contributed by atoms with Crippen molar-refractivity contribution in [1.29, 1.82) is 5.26 Å².